The zero-order valence-corrected chi connectivity index (χ0v) is 19.2. The number of aliphatic imine (C=N–C) groups is 1. The predicted octanol–water partition coefficient (Wildman–Crippen LogP) is 6.59. The van der Waals surface area contributed by atoms with Gasteiger partial charge in [0.2, 0.25) is 0 Å². The largest absolute Gasteiger partial charge is 0.494 e. The Morgan fingerprint density at radius 1 is 0.939 bits per heavy atom. The highest BCUT2D eigenvalue weighted by atomic mass is 16.3. The van der Waals surface area contributed by atoms with Crippen molar-refractivity contribution in [3.05, 3.63) is 95.1 Å². The van der Waals surface area contributed by atoms with Gasteiger partial charge in [0.05, 0.1) is 17.0 Å². The quantitative estimate of drug-likeness (QED) is 0.320. The maximum atomic E-state index is 10.9. The molecule has 1 aliphatic rings. The molecule has 2 N–H and O–H groups in total. The van der Waals surface area contributed by atoms with Crippen molar-refractivity contribution in [2.24, 2.45) is 4.99 Å². The van der Waals surface area contributed by atoms with Crippen molar-refractivity contribution in [2.75, 3.05) is 13.1 Å². The van der Waals surface area contributed by atoms with Gasteiger partial charge in [-0.1, -0.05) is 67.9 Å². The number of aromatic amines is 1. The summed E-state index contributed by atoms with van der Waals surface area (Å²) in [4.78, 5) is 10.7. The summed E-state index contributed by atoms with van der Waals surface area (Å²) in [6.07, 6.45) is 4.72. The molecular formula is C29H31N3O. The van der Waals surface area contributed by atoms with Crippen LogP contribution < -0.4 is 0 Å². The molecule has 0 atom stereocenters. The molecule has 5 rings (SSSR count). The monoisotopic (exact) mass is 437 g/mol. The number of fused-ring (bicyclic) bond motifs is 1. The number of aromatic nitrogens is 1. The third-order valence-corrected chi connectivity index (χ3v) is 6.45. The number of hydrogen-bond donors (Lipinski definition) is 2. The Labute approximate surface area is 195 Å². The summed E-state index contributed by atoms with van der Waals surface area (Å²) in [6.45, 7) is 5.56. The fourth-order valence-corrected chi connectivity index (χ4v) is 4.78. The summed E-state index contributed by atoms with van der Waals surface area (Å²) in [6, 6.07) is 25.0. The van der Waals surface area contributed by atoms with Crippen molar-refractivity contribution in [3.8, 4) is 5.88 Å². The van der Waals surface area contributed by atoms with E-state index in [1.54, 1.807) is 0 Å². The molecule has 3 aromatic carbocycles. The van der Waals surface area contributed by atoms with Gasteiger partial charge in [0, 0.05) is 23.0 Å². The van der Waals surface area contributed by atoms with Crippen molar-refractivity contribution in [3.63, 3.8) is 0 Å². The molecule has 4 nitrogen and oxygen atoms in total. The second-order valence-corrected chi connectivity index (χ2v) is 8.95. The van der Waals surface area contributed by atoms with Crippen LogP contribution in [0.3, 0.4) is 0 Å². The molecule has 4 heteroatoms. The van der Waals surface area contributed by atoms with Crippen LogP contribution in [-0.4, -0.2) is 33.8 Å². The van der Waals surface area contributed by atoms with Crippen molar-refractivity contribution < 1.29 is 5.11 Å². The highest BCUT2D eigenvalue weighted by Gasteiger charge is 2.19. The van der Waals surface area contributed by atoms with Crippen molar-refractivity contribution in [1.29, 1.82) is 0 Å². The first-order valence-electron chi connectivity index (χ1n) is 12.0. The lowest BCUT2D eigenvalue weighted by Crippen LogP contribution is -2.18. The first-order chi connectivity index (χ1) is 16.2. The van der Waals surface area contributed by atoms with Gasteiger partial charge in [-0.2, -0.15) is 0 Å². The number of aromatic hydroxyl groups is 1. The van der Waals surface area contributed by atoms with Crippen LogP contribution in [0, 0.1) is 0 Å². The lowest BCUT2D eigenvalue weighted by atomic mass is 9.99. The smallest absolute Gasteiger partial charge is 0.199 e. The van der Waals surface area contributed by atoms with Crippen LogP contribution in [0.5, 0.6) is 5.88 Å². The maximum absolute atomic E-state index is 10.9. The Balaban J connectivity index is 1.54. The van der Waals surface area contributed by atoms with E-state index in [9.17, 15) is 5.11 Å². The zero-order valence-electron chi connectivity index (χ0n) is 19.2. The molecule has 0 bridgehead atoms. The maximum Gasteiger partial charge on any atom is 0.199 e. The summed E-state index contributed by atoms with van der Waals surface area (Å²) < 4.78 is 0. The van der Waals surface area contributed by atoms with Gasteiger partial charge in [0.15, 0.2) is 5.88 Å². The number of H-pyrrole nitrogens is 1. The molecule has 0 unspecified atom stereocenters. The topological polar surface area (TPSA) is 51.6 Å². The van der Waals surface area contributed by atoms with Gasteiger partial charge < -0.3 is 10.1 Å². The summed E-state index contributed by atoms with van der Waals surface area (Å²) in [5.74, 6) is 0.159. The average molecular weight is 438 g/mol. The van der Waals surface area contributed by atoms with Crippen LogP contribution >= 0.6 is 0 Å². The van der Waals surface area contributed by atoms with Crippen molar-refractivity contribution in [1.82, 2.24) is 9.88 Å². The molecule has 0 saturated carbocycles. The van der Waals surface area contributed by atoms with E-state index in [0.29, 0.717) is 0 Å². The lowest BCUT2D eigenvalue weighted by Gasteiger charge is -2.14. The summed E-state index contributed by atoms with van der Waals surface area (Å²) >= 11 is 0. The Bertz CT molecular complexity index is 1250. The molecule has 4 aromatic rings. The van der Waals surface area contributed by atoms with Crippen LogP contribution in [0.4, 0.5) is 5.69 Å². The highest BCUT2D eigenvalue weighted by Crippen LogP contribution is 2.32. The highest BCUT2D eigenvalue weighted by molar-refractivity contribution is 6.21. The van der Waals surface area contributed by atoms with Gasteiger partial charge in [0.25, 0.3) is 0 Å². The van der Waals surface area contributed by atoms with Gasteiger partial charge in [-0.05, 0) is 61.7 Å². The van der Waals surface area contributed by atoms with E-state index in [1.807, 2.05) is 30.3 Å². The number of nitrogens with one attached hydrogen (secondary N) is 1. The number of benzene rings is 3. The number of rotatable bonds is 7. The minimum atomic E-state index is 0.159. The zero-order chi connectivity index (χ0) is 22.6. The second-order valence-electron chi connectivity index (χ2n) is 8.95. The minimum absolute atomic E-state index is 0.159. The third-order valence-electron chi connectivity index (χ3n) is 6.45. The Morgan fingerprint density at radius 2 is 1.67 bits per heavy atom. The van der Waals surface area contributed by atoms with Crippen LogP contribution in [0.25, 0.3) is 10.9 Å². The molecular weight excluding hydrogens is 406 g/mol. The van der Waals surface area contributed by atoms with E-state index >= 15 is 0 Å². The van der Waals surface area contributed by atoms with E-state index in [1.165, 1.54) is 37.1 Å². The minimum Gasteiger partial charge on any atom is -0.494 e. The van der Waals surface area contributed by atoms with Gasteiger partial charge in [-0.15, -0.1) is 0 Å². The molecule has 1 fully saturated rings. The average Bonchev–Trinajstić information content (AvgIpc) is 3.46. The molecule has 2 heterocycles. The molecule has 0 radical (unpaired) electrons. The number of nitrogens with zero attached hydrogens (tertiary/aromatic N) is 2. The Hall–Kier alpha value is -3.37. The van der Waals surface area contributed by atoms with Crippen LogP contribution in [0.1, 0.15) is 48.4 Å². The molecule has 33 heavy (non-hydrogen) atoms. The third kappa shape index (κ3) is 4.71. The van der Waals surface area contributed by atoms with E-state index in [4.69, 9.17) is 4.99 Å². The van der Waals surface area contributed by atoms with E-state index < -0.39 is 0 Å². The van der Waals surface area contributed by atoms with Crippen molar-refractivity contribution >= 4 is 22.3 Å². The first-order valence-corrected chi connectivity index (χ1v) is 12.0. The van der Waals surface area contributed by atoms with Gasteiger partial charge >= 0.3 is 0 Å². The fraction of sp³-hybridized carbons (Fsp3) is 0.276. The van der Waals surface area contributed by atoms with Gasteiger partial charge in [-0.3, -0.25) is 4.90 Å². The molecule has 1 saturated heterocycles. The Morgan fingerprint density at radius 3 is 2.39 bits per heavy atom. The first kappa shape index (κ1) is 21.5. The summed E-state index contributed by atoms with van der Waals surface area (Å²) in [5, 5.41) is 11.9. The van der Waals surface area contributed by atoms with Gasteiger partial charge in [0.1, 0.15) is 0 Å². The lowest BCUT2D eigenvalue weighted by molar-refractivity contribution is 0.331. The van der Waals surface area contributed by atoms with Gasteiger partial charge in [-0.25, -0.2) is 4.99 Å². The normalized spacial score (nSPS) is 14.9. The van der Waals surface area contributed by atoms with E-state index in [2.05, 4.69) is 59.3 Å². The fourth-order valence-electron chi connectivity index (χ4n) is 4.78. The molecule has 0 aliphatic carbocycles. The molecule has 1 aliphatic heterocycles. The molecule has 168 valence electrons. The number of aryl methyl sites for hydroxylation is 1. The van der Waals surface area contributed by atoms with E-state index in [0.717, 1.165) is 52.8 Å². The standard InChI is InChI=1S/C29H31N3O/c1-2-8-21-13-16-25-26(19-21)31-29(33)27(25)28(23-9-4-3-5-10-23)30-24-14-11-22(12-15-24)20-32-17-6-7-18-32/h3-5,9-16,19,31,33H,2,6-8,17-18,20H2,1H3. The van der Waals surface area contributed by atoms with Crippen LogP contribution in [0.2, 0.25) is 0 Å². The molecule has 0 amide bonds. The van der Waals surface area contributed by atoms with Crippen molar-refractivity contribution in [2.45, 2.75) is 39.2 Å². The molecule has 0 spiro atoms. The summed E-state index contributed by atoms with van der Waals surface area (Å²) in [5.41, 5.74) is 6.91. The second kappa shape index (κ2) is 9.63. The number of likely N-dealkylation sites (tertiary alicyclic amines) is 1. The van der Waals surface area contributed by atoms with E-state index in [-0.39, 0.29) is 5.88 Å². The van der Waals surface area contributed by atoms with Crippen LogP contribution in [0.15, 0.2) is 77.8 Å². The number of hydrogen-bond acceptors (Lipinski definition) is 3. The SMILES string of the molecule is CCCc1ccc2c(C(=Nc3ccc(CN4CCCC4)cc3)c3ccccc3)c(O)[nH]c2c1. The Kier molecular flexibility index (Phi) is 6.27. The molecule has 1 aromatic heterocycles. The summed E-state index contributed by atoms with van der Waals surface area (Å²) in [7, 11) is 0. The van der Waals surface area contributed by atoms with Crippen LogP contribution in [-0.2, 0) is 13.0 Å². The predicted molar refractivity (Wildman–Crippen MR) is 137 cm³/mol.